The van der Waals surface area contributed by atoms with Crippen LogP contribution in [0.1, 0.15) is 30.1 Å². The summed E-state index contributed by atoms with van der Waals surface area (Å²) in [6.07, 6.45) is 5.41. The third-order valence-electron chi connectivity index (χ3n) is 5.49. The van der Waals surface area contributed by atoms with Gasteiger partial charge in [0, 0.05) is 42.5 Å². The van der Waals surface area contributed by atoms with Gasteiger partial charge in [-0.15, -0.1) is 24.8 Å². The van der Waals surface area contributed by atoms with Crippen molar-refractivity contribution in [1.82, 2.24) is 14.9 Å². The molecule has 1 fully saturated rings. The first kappa shape index (κ1) is 23.1. The van der Waals surface area contributed by atoms with E-state index in [9.17, 15) is 4.79 Å². The number of benzene rings is 1. The fourth-order valence-corrected chi connectivity index (χ4v) is 3.82. The molecule has 1 unspecified atom stereocenters. The molecule has 0 spiro atoms. The van der Waals surface area contributed by atoms with Gasteiger partial charge in [0.05, 0.1) is 16.8 Å². The number of carbonyl (C=O) groups excluding carboxylic acids is 1. The Hall–Kier alpha value is -2.21. The standard InChI is InChI=1S/C22H24N4O.2ClH/c1-15(23)16-8-12-26(13-9-16)22(27)19-14-21(17-6-10-24-11-7-17)25-20-5-3-2-4-18(19)20;;/h2-7,10-11,14-16H,8-9,12-13,23H2,1H3;2*1H. The Balaban J connectivity index is 0.00000150. The van der Waals surface area contributed by atoms with Crippen LogP contribution in [-0.4, -0.2) is 39.9 Å². The zero-order valence-corrected chi connectivity index (χ0v) is 18.0. The largest absolute Gasteiger partial charge is 0.339 e. The molecule has 7 heteroatoms. The van der Waals surface area contributed by atoms with Crippen LogP contribution in [0.4, 0.5) is 0 Å². The summed E-state index contributed by atoms with van der Waals surface area (Å²) >= 11 is 0. The molecule has 0 bridgehead atoms. The zero-order chi connectivity index (χ0) is 18.8. The minimum Gasteiger partial charge on any atom is -0.339 e. The van der Waals surface area contributed by atoms with Crippen LogP contribution in [0.25, 0.3) is 22.2 Å². The van der Waals surface area contributed by atoms with Gasteiger partial charge in [-0.1, -0.05) is 18.2 Å². The predicted molar refractivity (Wildman–Crippen MR) is 122 cm³/mol. The molecule has 3 heterocycles. The van der Waals surface area contributed by atoms with Crippen molar-refractivity contribution in [3.63, 3.8) is 0 Å². The van der Waals surface area contributed by atoms with Crippen molar-refractivity contribution in [3.05, 3.63) is 60.4 Å². The molecular weight excluding hydrogens is 407 g/mol. The minimum atomic E-state index is 0. The van der Waals surface area contributed by atoms with Crippen LogP contribution in [-0.2, 0) is 0 Å². The Morgan fingerprint density at radius 2 is 1.76 bits per heavy atom. The highest BCUT2D eigenvalue weighted by atomic mass is 35.5. The Bertz CT molecular complexity index is 957. The van der Waals surface area contributed by atoms with Gasteiger partial charge in [-0.3, -0.25) is 9.78 Å². The lowest BCUT2D eigenvalue weighted by Gasteiger charge is -2.34. The van der Waals surface area contributed by atoms with E-state index < -0.39 is 0 Å². The molecular formula is C22H26Cl2N4O. The van der Waals surface area contributed by atoms with Gasteiger partial charge in [0.15, 0.2) is 0 Å². The average Bonchev–Trinajstić information content (AvgIpc) is 2.73. The van der Waals surface area contributed by atoms with Crippen molar-refractivity contribution in [1.29, 1.82) is 0 Å². The third-order valence-corrected chi connectivity index (χ3v) is 5.49. The molecule has 1 aromatic carbocycles. The summed E-state index contributed by atoms with van der Waals surface area (Å²) in [4.78, 5) is 24.1. The highest BCUT2D eigenvalue weighted by molar-refractivity contribution is 6.07. The second-order valence-electron chi connectivity index (χ2n) is 7.30. The van der Waals surface area contributed by atoms with E-state index >= 15 is 0 Å². The molecule has 5 nitrogen and oxygen atoms in total. The van der Waals surface area contributed by atoms with E-state index in [1.165, 1.54) is 0 Å². The highest BCUT2D eigenvalue weighted by Gasteiger charge is 2.26. The Labute approximate surface area is 183 Å². The number of fused-ring (bicyclic) bond motifs is 1. The van der Waals surface area contributed by atoms with Crippen LogP contribution >= 0.6 is 24.8 Å². The van der Waals surface area contributed by atoms with Crippen molar-refractivity contribution in [3.8, 4) is 11.3 Å². The average molecular weight is 433 g/mol. The molecule has 2 aromatic heterocycles. The molecule has 2 N–H and O–H groups in total. The molecule has 1 aliphatic rings. The summed E-state index contributed by atoms with van der Waals surface area (Å²) < 4.78 is 0. The van der Waals surface area contributed by atoms with E-state index in [1.54, 1.807) is 12.4 Å². The van der Waals surface area contributed by atoms with Crippen LogP contribution in [0.5, 0.6) is 0 Å². The van der Waals surface area contributed by atoms with Gasteiger partial charge < -0.3 is 10.6 Å². The number of likely N-dealkylation sites (tertiary alicyclic amines) is 1. The Morgan fingerprint density at radius 3 is 2.41 bits per heavy atom. The van der Waals surface area contributed by atoms with Crippen LogP contribution in [0.15, 0.2) is 54.9 Å². The Kier molecular flexibility index (Phi) is 7.96. The van der Waals surface area contributed by atoms with Crippen molar-refractivity contribution < 1.29 is 4.79 Å². The van der Waals surface area contributed by atoms with Crippen LogP contribution in [0.2, 0.25) is 0 Å². The van der Waals surface area contributed by atoms with E-state index in [1.807, 2.05) is 47.4 Å². The summed E-state index contributed by atoms with van der Waals surface area (Å²) in [6.45, 7) is 3.57. The molecule has 1 aliphatic heterocycles. The maximum absolute atomic E-state index is 13.3. The van der Waals surface area contributed by atoms with E-state index in [0.717, 1.165) is 48.1 Å². The number of carbonyl (C=O) groups is 1. The molecule has 29 heavy (non-hydrogen) atoms. The number of hydrogen-bond acceptors (Lipinski definition) is 4. The SMILES string of the molecule is CC(N)C1CCN(C(=O)c2cc(-c3ccncc3)nc3ccccc23)CC1.Cl.Cl. The van der Waals surface area contributed by atoms with Crippen LogP contribution in [0, 0.1) is 5.92 Å². The number of nitrogens with two attached hydrogens (primary N) is 1. The zero-order valence-electron chi connectivity index (χ0n) is 16.3. The molecule has 4 rings (SSSR count). The van der Waals surface area contributed by atoms with E-state index in [0.29, 0.717) is 11.5 Å². The molecule has 0 saturated carbocycles. The first-order valence-electron chi connectivity index (χ1n) is 9.48. The fraction of sp³-hybridized carbons (Fsp3) is 0.318. The maximum atomic E-state index is 13.3. The third kappa shape index (κ3) is 4.86. The summed E-state index contributed by atoms with van der Waals surface area (Å²) in [5.41, 5.74) is 9.35. The van der Waals surface area contributed by atoms with Gasteiger partial charge in [-0.05, 0) is 49.9 Å². The lowest BCUT2D eigenvalue weighted by molar-refractivity contribution is 0.0683. The number of para-hydroxylation sites is 1. The molecule has 1 atom stereocenters. The second kappa shape index (κ2) is 10.0. The number of pyridine rings is 2. The number of piperidine rings is 1. The molecule has 1 amide bonds. The minimum absolute atomic E-state index is 0. The molecule has 1 saturated heterocycles. The summed E-state index contributed by atoms with van der Waals surface area (Å²) in [5.74, 6) is 0.572. The van der Waals surface area contributed by atoms with E-state index in [2.05, 4.69) is 11.9 Å². The van der Waals surface area contributed by atoms with Crippen molar-refractivity contribution in [2.24, 2.45) is 11.7 Å². The topological polar surface area (TPSA) is 72.1 Å². The molecule has 0 radical (unpaired) electrons. The number of nitrogens with zero attached hydrogens (tertiary/aromatic N) is 3. The van der Waals surface area contributed by atoms with Crippen LogP contribution in [0.3, 0.4) is 0 Å². The van der Waals surface area contributed by atoms with Crippen molar-refractivity contribution in [2.45, 2.75) is 25.8 Å². The quantitative estimate of drug-likeness (QED) is 0.667. The summed E-state index contributed by atoms with van der Waals surface area (Å²) in [7, 11) is 0. The fourth-order valence-electron chi connectivity index (χ4n) is 3.82. The molecule has 154 valence electrons. The predicted octanol–water partition coefficient (Wildman–Crippen LogP) is 4.34. The van der Waals surface area contributed by atoms with Gasteiger partial charge in [0.1, 0.15) is 0 Å². The number of rotatable bonds is 3. The monoisotopic (exact) mass is 432 g/mol. The van der Waals surface area contributed by atoms with E-state index in [-0.39, 0.29) is 36.8 Å². The van der Waals surface area contributed by atoms with Gasteiger partial charge >= 0.3 is 0 Å². The van der Waals surface area contributed by atoms with Crippen LogP contribution < -0.4 is 5.73 Å². The normalized spacial score (nSPS) is 15.3. The summed E-state index contributed by atoms with van der Waals surface area (Å²) in [5, 5.41) is 0.898. The van der Waals surface area contributed by atoms with Crippen molar-refractivity contribution in [2.75, 3.05) is 13.1 Å². The summed E-state index contributed by atoms with van der Waals surface area (Å²) in [6, 6.07) is 13.8. The Morgan fingerprint density at radius 1 is 1.10 bits per heavy atom. The maximum Gasteiger partial charge on any atom is 0.254 e. The van der Waals surface area contributed by atoms with Crippen molar-refractivity contribution >= 4 is 41.6 Å². The number of halogens is 2. The van der Waals surface area contributed by atoms with E-state index in [4.69, 9.17) is 10.7 Å². The van der Waals surface area contributed by atoms with Gasteiger partial charge in [-0.25, -0.2) is 4.98 Å². The van der Waals surface area contributed by atoms with Gasteiger partial charge in [0.2, 0.25) is 0 Å². The van der Waals surface area contributed by atoms with Gasteiger partial charge in [0.25, 0.3) is 5.91 Å². The van der Waals surface area contributed by atoms with Gasteiger partial charge in [-0.2, -0.15) is 0 Å². The smallest absolute Gasteiger partial charge is 0.254 e. The second-order valence-corrected chi connectivity index (χ2v) is 7.30. The first-order chi connectivity index (χ1) is 13.1. The highest BCUT2D eigenvalue weighted by Crippen LogP contribution is 2.27. The lowest BCUT2D eigenvalue weighted by atomic mass is 9.90. The molecule has 0 aliphatic carbocycles. The first-order valence-corrected chi connectivity index (χ1v) is 9.48. The number of aromatic nitrogens is 2. The number of hydrogen-bond donors (Lipinski definition) is 1. The molecule has 3 aromatic rings. The lowest BCUT2D eigenvalue weighted by Crippen LogP contribution is -2.42. The number of amides is 1.